The van der Waals surface area contributed by atoms with Gasteiger partial charge in [-0.3, -0.25) is 4.57 Å². The molecule has 126 valence electrons. The zero-order valence-corrected chi connectivity index (χ0v) is 15.8. The molecule has 0 aliphatic rings. The van der Waals surface area contributed by atoms with Gasteiger partial charge in [0.15, 0.2) is 8.03 Å². The van der Waals surface area contributed by atoms with Gasteiger partial charge in [-0.1, -0.05) is 65.7 Å². The van der Waals surface area contributed by atoms with Crippen LogP contribution in [0.25, 0.3) is 0 Å². The van der Waals surface area contributed by atoms with Gasteiger partial charge in [-0.2, -0.15) is 0 Å². The summed E-state index contributed by atoms with van der Waals surface area (Å²) in [7, 11) is -1.82. The van der Waals surface area contributed by atoms with E-state index in [1.807, 2.05) is 0 Å². The quantitative estimate of drug-likeness (QED) is 0.230. The van der Waals surface area contributed by atoms with Crippen LogP contribution in [0.1, 0.15) is 85.5 Å². The molecule has 0 radical (unpaired) electrons. The third-order valence-corrected chi connectivity index (χ3v) is 5.37. The molecule has 0 rings (SSSR count). The molecule has 0 aliphatic heterocycles. The van der Waals surface area contributed by atoms with E-state index in [2.05, 4.69) is 27.7 Å². The minimum absolute atomic E-state index is 0. The van der Waals surface area contributed by atoms with Crippen LogP contribution in [0.15, 0.2) is 0 Å². The fourth-order valence-electron chi connectivity index (χ4n) is 2.37. The average Bonchev–Trinajstić information content (AvgIpc) is 2.39. The molecule has 0 amide bonds. The van der Waals surface area contributed by atoms with Gasteiger partial charge in [-0.15, -0.1) is 0 Å². The van der Waals surface area contributed by atoms with E-state index in [0.29, 0.717) is 5.92 Å². The third-order valence-electron chi connectivity index (χ3n) is 3.80. The summed E-state index contributed by atoms with van der Waals surface area (Å²) in [5.74, 6) is 0.596. The van der Waals surface area contributed by atoms with E-state index in [1.165, 1.54) is 44.9 Å². The summed E-state index contributed by atoms with van der Waals surface area (Å²) >= 11 is 0. The van der Waals surface area contributed by atoms with Crippen molar-refractivity contribution < 1.29 is 25.6 Å². The van der Waals surface area contributed by atoms with E-state index in [9.17, 15) is 4.57 Å². The van der Waals surface area contributed by atoms with E-state index in [1.54, 1.807) is 0 Å². The van der Waals surface area contributed by atoms with Crippen molar-refractivity contribution in [3.63, 3.8) is 0 Å². The second kappa shape index (κ2) is 16.1. The zero-order chi connectivity index (χ0) is 14.5. The molecule has 4 heteroatoms. The van der Waals surface area contributed by atoms with Gasteiger partial charge >= 0.3 is 0 Å². The van der Waals surface area contributed by atoms with Crippen LogP contribution in [0.5, 0.6) is 0 Å². The van der Waals surface area contributed by atoms with Crippen LogP contribution < -0.4 is 0 Å². The van der Waals surface area contributed by atoms with Crippen LogP contribution in [0.3, 0.4) is 0 Å². The molecule has 2 nitrogen and oxygen atoms in total. The molecule has 0 aromatic carbocycles. The van der Waals surface area contributed by atoms with Crippen LogP contribution >= 0.6 is 8.03 Å². The van der Waals surface area contributed by atoms with E-state index < -0.39 is 8.03 Å². The van der Waals surface area contributed by atoms with Gasteiger partial charge in [0.2, 0.25) is 0 Å². The molecule has 0 saturated carbocycles. The molecule has 3 unspecified atom stereocenters. The fourth-order valence-corrected chi connectivity index (χ4v) is 4.00. The SMILES string of the molecule is CCCCCCC(C)O[PH](=O)CC(CC)CCCC.[Ni]. The topological polar surface area (TPSA) is 26.3 Å². The molecule has 0 N–H and O–H groups in total. The Hall–Kier alpha value is 0.684. The van der Waals surface area contributed by atoms with Crippen molar-refractivity contribution in [1.29, 1.82) is 0 Å². The van der Waals surface area contributed by atoms with E-state index >= 15 is 0 Å². The van der Waals surface area contributed by atoms with Crippen LogP contribution in [0.2, 0.25) is 0 Å². The predicted molar refractivity (Wildman–Crippen MR) is 86.5 cm³/mol. The second-order valence-corrected chi connectivity index (χ2v) is 7.16. The Morgan fingerprint density at radius 3 is 2.15 bits per heavy atom. The van der Waals surface area contributed by atoms with Crippen molar-refractivity contribution in [2.75, 3.05) is 6.16 Å². The van der Waals surface area contributed by atoms with E-state index in [4.69, 9.17) is 4.52 Å². The summed E-state index contributed by atoms with van der Waals surface area (Å²) in [5, 5.41) is 0. The Labute approximate surface area is 137 Å². The third kappa shape index (κ3) is 13.7. The summed E-state index contributed by atoms with van der Waals surface area (Å²) in [6.45, 7) is 8.70. The molecule has 0 aromatic rings. The second-order valence-electron chi connectivity index (χ2n) is 5.77. The van der Waals surface area contributed by atoms with Gasteiger partial charge < -0.3 is 4.52 Å². The smallest absolute Gasteiger partial charge is 0.192 e. The van der Waals surface area contributed by atoms with Gasteiger partial charge in [0.05, 0.1) is 6.10 Å². The maximum absolute atomic E-state index is 12.0. The summed E-state index contributed by atoms with van der Waals surface area (Å²) in [6.07, 6.45) is 11.9. The molecule has 0 bridgehead atoms. The van der Waals surface area contributed by atoms with Crippen molar-refractivity contribution >= 4 is 8.03 Å². The van der Waals surface area contributed by atoms with Gasteiger partial charge in [0, 0.05) is 22.7 Å². The minimum Gasteiger partial charge on any atom is -0.327 e. The Kier molecular flexibility index (Phi) is 18.4. The first-order valence-electron chi connectivity index (χ1n) is 8.33. The Balaban J connectivity index is 0. The Morgan fingerprint density at radius 1 is 0.950 bits per heavy atom. The number of rotatable bonds is 13. The van der Waals surface area contributed by atoms with Crippen LogP contribution in [-0.2, 0) is 25.6 Å². The molecule has 20 heavy (non-hydrogen) atoms. The molecular formula is C16H35NiO2P. The summed E-state index contributed by atoms with van der Waals surface area (Å²) in [5.41, 5.74) is 0. The Bertz CT molecular complexity index is 225. The summed E-state index contributed by atoms with van der Waals surface area (Å²) < 4.78 is 17.7. The normalized spacial score (nSPS) is 15.4. The maximum atomic E-state index is 12.0. The van der Waals surface area contributed by atoms with Crippen LogP contribution in [0.4, 0.5) is 0 Å². The molecular weight excluding hydrogens is 314 g/mol. The first-order valence-corrected chi connectivity index (χ1v) is 9.85. The summed E-state index contributed by atoms with van der Waals surface area (Å²) in [4.78, 5) is 0. The number of unbranched alkanes of at least 4 members (excludes halogenated alkanes) is 4. The molecule has 3 atom stereocenters. The van der Waals surface area contributed by atoms with Gasteiger partial charge in [0.25, 0.3) is 0 Å². The molecule has 0 aromatic heterocycles. The minimum atomic E-state index is -1.82. The summed E-state index contributed by atoms with van der Waals surface area (Å²) in [6, 6.07) is 0. The van der Waals surface area contributed by atoms with Gasteiger partial charge in [0.1, 0.15) is 0 Å². The van der Waals surface area contributed by atoms with Crippen molar-refractivity contribution in [3.05, 3.63) is 0 Å². The van der Waals surface area contributed by atoms with E-state index in [-0.39, 0.29) is 22.6 Å². The van der Waals surface area contributed by atoms with Crippen LogP contribution in [-0.4, -0.2) is 12.3 Å². The monoisotopic (exact) mass is 348 g/mol. The first-order chi connectivity index (χ1) is 9.13. The van der Waals surface area contributed by atoms with Crippen LogP contribution in [0, 0.1) is 5.92 Å². The van der Waals surface area contributed by atoms with E-state index in [0.717, 1.165) is 19.0 Å². The number of hydrogen-bond acceptors (Lipinski definition) is 2. The van der Waals surface area contributed by atoms with Gasteiger partial charge in [-0.05, 0) is 25.7 Å². The fraction of sp³-hybridized carbons (Fsp3) is 1.00. The first kappa shape index (κ1) is 23.0. The van der Waals surface area contributed by atoms with Gasteiger partial charge in [-0.25, -0.2) is 0 Å². The number of hydrogen-bond donors (Lipinski definition) is 0. The van der Waals surface area contributed by atoms with Crippen molar-refractivity contribution in [2.45, 2.75) is 91.6 Å². The predicted octanol–water partition coefficient (Wildman–Crippen LogP) is 6.05. The Morgan fingerprint density at radius 2 is 1.60 bits per heavy atom. The largest absolute Gasteiger partial charge is 0.327 e. The molecule has 0 fully saturated rings. The molecule has 0 aliphatic carbocycles. The molecule has 0 spiro atoms. The molecule has 0 saturated heterocycles. The van der Waals surface area contributed by atoms with Crippen molar-refractivity contribution in [1.82, 2.24) is 0 Å². The zero-order valence-electron chi connectivity index (χ0n) is 13.9. The van der Waals surface area contributed by atoms with Crippen molar-refractivity contribution in [2.24, 2.45) is 5.92 Å². The van der Waals surface area contributed by atoms with Crippen molar-refractivity contribution in [3.8, 4) is 0 Å². The standard InChI is InChI=1S/C16H35O2P.Ni/c1-5-8-10-11-12-15(4)18-19(17)14-16(7-3)13-9-6-2;/h15-16,19H,5-14H2,1-4H3;. The molecule has 0 heterocycles. The maximum Gasteiger partial charge on any atom is 0.192 e. The average molecular weight is 349 g/mol.